The SMILES string of the molecule is Oc1cc2ccccc2c(O)c1O.Oc1ccc2ccc(O)cc2c1. The van der Waals surface area contributed by atoms with E-state index in [4.69, 9.17) is 10.2 Å². The zero-order valence-electron chi connectivity index (χ0n) is 13.1. The maximum absolute atomic E-state index is 9.43. The Balaban J connectivity index is 0.000000146. The number of aromatic hydroxyl groups is 5. The van der Waals surface area contributed by atoms with Gasteiger partial charge in [0.15, 0.2) is 11.5 Å². The van der Waals surface area contributed by atoms with Gasteiger partial charge in [-0.1, -0.05) is 36.4 Å². The summed E-state index contributed by atoms with van der Waals surface area (Å²) in [6, 6.07) is 18.5. The third-order valence-corrected chi connectivity index (χ3v) is 3.78. The molecule has 126 valence electrons. The van der Waals surface area contributed by atoms with Gasteiger partial charge in [-0.3, -0.25) is 0 Å². The standard InChI is InChI=1S/C10H8O3.C10H8O2/c11-8-5-6-3-1-2-4-7(6)9(12)10(8)13;11-9-3-1-7-2-4-10(12)6-8(7)5-9/h1-5,11-13H;1-6,11-12H. The van der Waals surface area contributed by atoms with Crippen LogP contribution in [0.2, 0.25) is 0 Å². The molecule has 4 aromatic rings. The molecule has 0 heterocycles. The Kier molecular flexibility index (Phi) is 4.22. The summed E-state index contributed by atoms with van der Waals surface area (Å²) in [5.74, 6) is -0.633. The molecule has 4 rings (SSSR count). The van der Waals surface area contributed by atoms with Crippen molar-refractivity contribution in [3.63, 3.8) is 0 Å². The number of hydrogen-bond donors (Lipinski definition) is 5. The largest absolute Gasteiger partial charge is 0.508 e. The van der Waals surface area contributed by atoms with Crippen LogP contribution in [0.15, 0.2) is 66.7 Å². The summed E-state index contributed by atoms with van der Waals surface area (Å²) in [5, 5.41) is 49.2. The van der Waals surface area contributed by atoms with E-state index in [1.54, 1.807) is 48.5 Å². The van der Waals surface area contributed by atoms with Gasteiger partial charge in [0.2, 0.25) is 5.75 Å². The Morgan fingerprint density at radius 2 is 1.08 bits per heavy atom. The molecule has 0 aliphatic carbocycles. The fourth-order valence-electron chi connectivity index (χ4n) is 2.52. The minimum absolute atomic E-state index is 0.216. The monoisotopic (exact) mass is 336 g/mol. The molecule has 0 saturated carbocycles. The first kappa shape index (κ1) is 16.3. The van der Waals surface area contributed by atoms with Crippen LogP contribution in [0.3, 0.4) is 0 Å². The van der Waals surface area contributed by atoms with Crippen LogP contribution in [0.5, 0.6) is 28.7 Å². The number of benzene rings is 4. The van der Waals surface area contributed by atoms with E-state index in [9.17, 15) is 15.3 Å². The van der Waals surface area contributed by atoms with Crippen molar-refractivity contribution < 1.29 is 25.5 Å². The molecule has 0 bridgehead atoms. The maximum Gasteiger partial charge on any atom is 0.200 e. The molecule has 5 N–H and O–H groups in total. The molecular weight excluding hydrogens is 320 g/mol. The third-order valence-electron chi connectivity index (χ3n) is 3.78. The number of phenols is 5. The second kappa shape index (κ2) is 6.49. The number of phenolic OH excluding ortho intramolecular Hbond substituents is 5. The van der Waals surface area contributed by atoms with E-state index in [-0.39, 0.29) is 23.0 Å². The van der Waals surface area contributed by atoms with Crippen LogP contribution in [-0.4, -0.2) is 25.5 Å². The van der Waals surface area contributed by atoms with Crippen molar-refractivity contribution in [2.24, 2.45) is 0 Å². The summed E-state index contributed by atoms with van der Waals surface area (Å²) in [6.07, 6.45) is 0. The Morgan fingerprint density at radius 3 is 1.72 bits per heavy atom. The summed E-state index contributed by atoms with van der Waals surface area (Å²) >= 11 is 0. The predicted octanol–water partition coefficient (Wildman–Crippen LogP) is 4.21. The van der Waals surface area contributed by atoms with Crippen molar-refractivity contribution in [2.45, 2.75) is 0 Å². The zero-order chi connectivity index (χ0) is 18.0. The molecule has 0 aliphatic heterocycles. The van der Waals surface area contributed by atoms with Crippen molar-refractivity contribution in [2.75, 3.05) is 0 Å². The van der Waals surface area contributed by atoms with Crippen LogP contribution in [0, 0.1) is 0 Å². The lowest BCUT2D eigenvalue weighted by molar-refractivity contribution is 0.371. The molecule has 0 aliphatic rings. The van der Waals surface area contributed by atoms with Gasteiger partial charge in [0, 0.05) is 5.39 Å². The van der Waals surface area contributed by atoms with Crippen molar-refractivity contribution in [3.8, 4) is 28.7 Å². The Morgan fingerprint density at radius 1 is 0.480 bits per heavy atom. The van der Waals surface area contributed by atoms with Gasteiger partial charge in [0.1, 0.15) is 11.5 Å². The highest BCUT2D eigenvalue weighted by Crippen LogP contribution is 2.40. The Bertz CT molecular complexity index is 1020. The van der Waals surface area contributed by atoms with E-state index < -0.39 is 5.75 Å². The lowest BCUT2D eigenvalue weighted by atomic mass is 10.1. The molecule has 25 heavy (non-hydrogen) atoms. The molecule has 0 amide bonds. The highest BCUT2D eigenvalue weighted by molar-refractivity contribution is 5.92. The van der Waals surface area contributed by atoms with Gasteiger partial charge in [-0.25, -0.2) is 0 Å². The predicted molar refractivity (Wildman–Crippen MR) is 96.2 cm³/mol. The summed E-state index contributed by atoms with van der Waals surface area (Å²) in [5.41, 5.74) is 0. The van der Waals surface area contributed by atoms with Crippen molar-refractivity contribution in [3.05, 3.63) is 66.7 Å². The van der Waals surface area contributed by atoms with E-state index in [0.717, 1.165) is 10.8 Å². The van der Waals surface area contributed by atoms with Crippen molar-refractivity contribution in [1.29, 1.82) is 0 Å². The minimum atomic E-state index is -0.473. The number of hydrogen-bond acceptors (Lipinski definition) is 5. The van der Waals surface area contributed by atoms with E-state index in [1.807, 2.05) is 12.1 Å². The van der Waals surface area contributed by atoms with Crippen LogP contribution in [0.25, 0.3) is 21.5 Å². The van der Waals surface area contributed by atoms with Crippen molar-refractivity contribution >= 4 is 21.5 Å². The summed E-state index contributed by atoms with van der Waals surface area (Å²) in [7, 11) is 0. The molecule has 0 atom stereocenters. The Labute approximate surface area is 143 Å². The highest BCUT2D eigenvalue weighted by Gasteiger charge is 2.09. The quantitative estimate of drug-likeness (QED) is 0.310. The number of rotatable bonds is 0. The van der Waals surface area contributed by atoms with E-state index in [0.29, 0.717) is 10.8 Å². The van der Waals surface area contributed by atoms with E-state index in [2.05, 4.69) is 0 Å². The first-order chi connectivity index (χ1) is 12.0. The van der Waals surface area contributed by atoms with Crippen LogP contribution >= 0.6 is 0 Å². The van der Waals surface area contributed by atoms with Gasteiger partial charge in [-0.05, 0) is 46.5 Å². The molecular formula is C20H16O5. The molecule has 5 nitrogen and oxygen atoms in total. The van der Waals surface area contributed by atoms with Crippen LogP contribution < -0.4 is 0 Å². The average Bonchev–Trinajstić information content (AvgIpc) is 2.60. The van der Waals surface area contributed by atoms with Crippen molar-refractivity contribution in [1.82, 2.24) is 0 Å². The summed E-state index contributed by atoms with van der Waals surface area (Å²) in [6.45, 7) is 0. The molecule has 4 aromatic carbocycles. The smallest absolute Gasteiger partial charge is 0.200 e. The molecule has 0 radical (unpaired) electrons. The first-order valence-corrected chi connectivity index (χ1v) is 7.50. The first-order valence-electron chi connectivity index (χ1n) is 7.50. The topological polar surface area (TPSA) is 101 Å². The van der Waals surface area contributed by atoms with E-state index >= 15 is 0 Å². The summed E-state index contributed by atoms with van der Waals surface area (Å²) < 4.78 is 0. The summed E-state index contributed by atoms with van der Waals surface area (Å²) in [4.78, 5) is 0. The lowest BCUT2D eigenvalue weighted by Crippen LogP contribution is -1.76. The van der Waals surface area contributed by atoms with Crippen LogP contribution in [0.4, 0.5) is 0 Å². The average molecular weight is 336 g/mol. The molecule has 0 aromatic heterocycles. The van der Waals surface area contributed by atoms with Gasteiger partial charge in [0.05, 0.1) is 0 Å². The second-order valence-corrected chi connectivity index (χ2v) is 5.53. The fourth-order valence-corrected chi connectivity index (χ4v) is 2.52. The van der Waals surface area contributed by atoms with Crippen LogP contribution in [0.1, 0.15) is 0 Å². The van der Waals surface area contributed by atoms with Gasteiger partial charge in [0.25, 0.3) is 0 Å². The fraction of sp³-hybridized carbons (Fsp3) is 0. The maximum atomic E-state index is 9.43. The highest BCUT2D eigenvalue weighted by atomic mass is 16.3. The molecule has 0 saturated heterocycles. The van der Waals surface area contributed by atoms with Crippen LogP contribution in [-0.2, 0) is 0 Å². The molecule has 0 spiro atoms. The third kappa shape index (κ3) is 3.35. The molecule has 0 unspecified atom stereocenters. The minimum Gasteiger partial charge on any atom is -0.508 e. The van der Waals surface area contributed by atoms with Gasteiger partial charge in [-0.2, -0.15) is 0 Å². The molecule has 0 fully saturated rings. The van der Waals surface area contributed by atoms with Gasteiger partial charge >= 0.3 is 0 Å². The van der Waals surface area contributed by atoms with E-state index in [1.165, 1.54) is 6.07 Å². The number of fused-ring (bicyclic) bond motifs is 2. The van der Waals surface area contributed by atoms with Gasteiger partial charge in [-0.15, -0.1) is 0 Å². The Hall–Kier alpha value is -3.60. The zero-order valence-corrected chi connectivity index (χ0v) is 13.1. The second-order valence-electron chi connectivity index (χ2n) is 5.53. The lowest BCUT2D eigenvalue weighted by Gasteiger charge is -2.04. The van der Waals surface area contributed by atoms with Gasteiger partial charge < -0.3 is 25.5 Å². The molecule has 5 heteroatoms. The normalized spacial score (nSPS) is 10.4.